The standard InChI is InChI=1S/C16H23BrO3Si/c1-6-12-9-16(20-11-19-2)13(10-14(12)17)15(18)7-8-21(3,4)5/h9-10,15,18H,6,11H2,1-5H3. The minimum Gasteiger partial charge on any atom is -0.467 e. The monoisotopic (exact) mass is 370 g/mol. The molecule has 0 aromatic heterocycles. The van der Waals surface area contributed by atoms with Gasteiger partial charge in [-0.1, -0.05) is 48.4 Å². The van der Waals surface area contributed by atoms with Crippen LogP contribution in [0, 0.1) is 11.5 Å². The molecule has 3 nitrogen and oxygen atoms in total. The molecule has 5 heteroatoms. The van der Waals surface area contributed by atoms with Gasteiger partial charge in [0.25, 0.3) is 0 Å². The predicted molar refractivity (Wildman–Crippen MR) is 92.1 cm³/mol. The molecule has 21 heavy (non-hydrogen) atoms. The fourth-order valence-electron chi connectivity index (χ4n) is 1.71. The van der Waals surface area contributed by atoms with Crippen LogP contribution in [-0.4, -0.2) is 27.1 Å². The summed E-state index contributed by atoms with van der Waals surface area (Å²) >= 11 is 3.53. The molecule has 0 amide bonds. The van der Waals surface area contributed by atoms with Gasteiger partial charge in [-0.25, -0.2) is 0 Å². The second-order valence-electron chi connectivity index (χ2n) is 5.81. The van der Waals surface area contributed by atoms with E-state index < -0.39 is 14.2 Å². The molecule has 1 atom stereocenters. The number of hydrogen-bond donors (Lipinski definition) is 1. The smallest absolute Gasteiger partial charge is 0.188 e. The van der Waals surface area contributed by atoms with Crippen molar-refractivity contribution in [1.82, 2.24) is 0 Å². The third-order valence-corrected chi connectivity index (χ3v) is 4.40. The highest BCUT2D eigenvalue weighted by Gasteiger charge is 2.16. The Morgan fingerprint density at radius 2 is 2.00 bits per heavy atom. The molecule has 1 aromatic rings. The third-order valence-electron chi connectivity index (χ3n) is 2.77. The van der Waals surface area contributed by atoms with Gasteiger partial charge in [0.05, 0.1) is 0 Å². The average molecular weight is 371 g/mol. The zero-order valence-electron chi connectivity index (χ0n) is 13.3. The van der Waals surface area contributed by atoms with E-state index in [1.165, 1.54) is 0 Å². The van der Waals surface area contributed by atoms with Crippen LogP contribution in [0.5, 0.6) is 5.75 Å². The molecule has 0 radical (unpaired) electrons. The lowest BCUT2D eigenvalue weighted by Crippen LogP contribution is -2.17. The molecule has 1 aromatic carbocycles. The Morgan fingerprint density at radius 1 is 1.33 bits per heavy atom. The number of hydrogen-bond acceptors (Lipinski definition) is 3. The number of rotatable bonds is 5. The van der Waals surface area contributed by atoms with E-state index in [2.05, 4.69) is 54.0 Å². The summed E-state index contributed by atoms with van der Waals surface area (Å²) in [4.78, 5) is 0. The molecule has 0 aliphatic rings. The lowest BCUT2D eigenvalue weighted by atomic mass is 10.0. The summed E-state index contributed by atoms with van der Waals surface area (Å²) in [5.74, 6) is 3.57. The first-order chi connectivity index (χ1) is 9.78. The van der Waals surface area contributed by atoms with Crippen molar-refractivity contribution >= 4 is 24.0 Å². The van der Waals surface area contributed by atoms with Crippen molar-refractivity contribution in [3.63, 3.8) is 0 Å². The van der Waals surface area contributed by atoms with Crippen molar-refractivity contribution < 1.29 is 14.6 Å². The van der Waals surface area contributed by atoms with Gasteiger partial charge in [0.2, 0.25) is 0 Å². The fraction of sp³-hybridized carbons (Fsp3) is 0.500. The molecule has 0 spiro atoms. The van der Waals surface area contributed by atoms with E-state index in [1.807, 2.05) is 12.1 Å². The highest BCUT2D eigenvalue weighted by Crippen LogP contribution is 2.32. The zero-order chi connectivity index (χ0) is 16.0. The Labute approximate surface area is 136 Å². The summed E-state index contributed by atoms with van der Waals surface area (Å²) in [7, 11) is 0.0448. The quantitative estimate of drug-likeness (QED) is 0.485. The van der Waals surface area contributed by atoms with Crippen molar-refractivity contribution in [2.75, 3.05) is 13.9 Å². The maximum absolute atomic E-state index is 10.4. The molecule has 0 fully saturated rings. The topological polar surface area (TPSA) is 38.7 Å². The van der Waals surface area contributed by atoms with Gasteiger partial charge in [0.1, 0.15) is 19.9 Å². The number of aliphatic hydroxyl groups excluding tert-OH is 1. The molecular formula is C16H23BrO3Si. The Hall–Kier alpha value is -0.803. The van der Waals surface area contributed by atoms with Crippen LogP contribution in [0.4, 0.5) is 0 Å². The van der Waals surface area contributed by atoms with Crippen molar-refractivity contribution in [3.05, 3.63) is 27.7 Å². The Morgan fingerprint density at radius 3 is 2.52 bits per heavy atom. The van der Waals surface area contributed by atoms with Crippen LogP contribution in [0.25, 0.3) is 0 Å². The number of aliphatic hydroxyl groups is 1. The molecule has 0 saturated carbocycles. The van der Waals surface area contributed by atoms with E-state index in [4.69, 9.17) is 9.47 Å². The largest absolute Gasteiger partial charge is 0.467 e. The van der Waals surface area contributed by atoms with Crippen molar-refractivity contribution in [1.29, 1.82) is 0 Å². The molecular weight excluding hydrogens is 348 g/mol. The molecule has 1 unspecified atom stereocenters. The Bertz CT molecular complexity index is 541. The molecule has 1 rings (SSSR count). The second-order valence-corrected chi connectivity index (χ2v) is 11.4. The molecule has 0 bridgehead atoms. The highest BCUT2D eigenvalue weighted by molar-refractivity contribution is 9.10. The van der Waals surface area contributed by atoms with Gasteiger partial charge in [0.15, 0.2) is 6.79 Å². The summed E-state index contributed by atoms with van der Waals surface area (Å²) in [6.45, 7) is 8.65. The van der Waals surface area contributed by atoms with Crippen LogP contribution in [0.15, 0.2) is 16.6 Å². The van der Waals surface area contributed by atoms with E-state index >= 15 is 0 Å². The molecule has 0 heterocycles. The SMILES string of the molecule is CCc1cc(OCOC)c(C(O)C#C[Si](C)(C)C)cc1Br. The zero-order valence-corrected chi connectivity index (χ0v) is 15.9. The summed E-state index contributed by atoms with van der Waals surface area (Å²) in [6, 6.07) is 3.81. The average Bonchev–Trinajstić information content (AvgIpc) is 2.42. The van der Waals surface area contributed by atoms with Gasteiger partial charge in [-0.15, -0.1) is 5.54 Å². The molecule has 0 aliphatic heterocycles. The molecule has 0 saturated heterocycles. The van der Waals surface area contributed by atoms with E-state index in [-0.39, 0.29) is 6.79 Å². The van der Waals surface area contributed by atoms with Crippen LogP contribution in [0.2, 0.25) is 19.6 Å². The minimum absolute atomic E-state index is 0.145. The lowest BCUT2D eigenvalue weighted by molar-refractivity contribution is 0.0489. The molecule has 1 N–H and O–H groups in total. The second kappa shape index (κ2) is 8.00. The number of methoxy groups -OCH3 is 1. The maximum Gasteiger partial charge on any atom is 0.188 e. The van der Waals surface area contributed by atoms with E-state index in [1.54, 1.807) is 7.11 Å². The van der Waals surface area contributed by atoms with Crippen molar-refractivity contribution in [2.45, 2.75) is 39.1 Å². The van der Waals surface area contributed by atoms with Gasteiger partial charge in [-0.2, -0.15) is 0 Å². The normalized spacial score (nSPS) is 12.5. The highest BCUT2D eigenvalue weighted by atomic mass is 79.9. The van der Waals surface area contributed by atoms with Gasteiger partial charge >= 0.3 is 0 Å². The van der Waals surface area contributed by atoms with Crippen LogP contribution in [-0.2, 0) is 11.2 Å². The number of ether oxygens (including phenoxy) is 2. The van der Waals surface area contributed by atoms with Crippen molar-refractivity contribution in [3.8, 4) is 17.2 Å². The van der Waals surface area contributed by atoms with Crippen molar-refractivity contribution in [2.24, 2.45) is 0 Å². The first kappa shape index (κ1) is 18.2. The fourth-order valence-corrected chi connectivity index (χ4v) is 2.92. The lowest BCUT2D eigenvalue weighted by Gasteiger charge is -2.16. The van der Waals surface area contributed by atoms with Crippen LogP contribution >= 0.6 is 15.9 Å². The van der Waals surface area contributed by atoms with Gasteiger partial charge in [-0.3, -0.25) is 0 Å². The van der Waals surface area contributed by atoms with Crippen LogP contribution < -0.4 is 4.74 Å². The third kappa shape index (κ3) is 5.83. The summed E-state index contributed by atoms with van der Waals surface area (Å²) in [6.07, 6.45) is 0.0201. The molecule has 0 aliphatic carbocycles. The van der Waals surface area contributed by atoms with Crippen LogP contribution in [0.3, 0.4) is 0 Å². The summed E-state index contributed by atoms with van der Waals surface area (Å²) < 4.78 is 11.5. The van der Waals surface area contributed by atoms with E-state index in [0.29, 0.717) is 11.3 Å². The number of aryl methyl sites for hydroxylation is 1. The van der Waals surface area contributed by atoms with Crippen LogP contribution in [0.1, 0.15) is 24.2 Å². The van der Waals surface area contributed by atoms with Gasteiger partial charge in [-0.05, 0) is 24.1 Å². The first-order valence-corrected chi connectivity index (χ1v) is 11.2. The molecule has 116 valence electrons. The first-order valence-electron chi connectivity index (χ1n) is 6.93. The predicted octanol–water partition coefficient (Wildman–Crippen LogP) is 3.91. The number of halogens is 1. The van der Waals surface area contributed by atoms with E-state index in [9.17, 15) is 5.11 Å². The van der Waals surface area contributed by atoms with Gasteiger partial charge in [0, 0.05) is 17.1 Å². The van der Waals surface area contributed by atoms with Gasteiger partial charge < -0.3 is 14.6 Å². The summed E-state index contributed by atoms with van der Waals surface area (Å²) in [5.41, 5.74) is 4.98. The minimum atomic E-state index is -1.53. The van der Waals surface area contributed by atoms with E-state index in [0.717, 1.165) is 16.5 Å². The Balaban J connectivity index is 3.18. The summed E-state index contributed by atoms with van der Waals surface area (Å²) in [5, 5.41) is 10.4. The maximum atomic E-state index is 10.4. The number of benzene rings is 1. The Kier molecular flexibility index (Phi) is 6.95.